The molecule has 0 amide bonds. The van der Waals surface area contributed by atoms with Gasteiger partial charge in [0.25, 0.3) is 0 Å². The topological polar surface area (TPSA) is 109 Å². The first-order valence-electron chi connectivity index (χ1n) is 10.1. The van der Waals surface area contributed by atoms with Gasteiger partial charge in [0.2, 0.25) is 0 Å². The standard InChI is InChI=1S/C23H22N4O4/c1-3-12-31-23(29)18-19-21(26-17-11-6-5-10-16(17)25-19)27(20(18)24)15-9-7-8-14(13-15)22(28)30-4-2/h5-11,13H,3-4,12,24H2,1-2H3. The second-order valence-electron chi connectivity index (χ2n) is 6.89. The Morgan fingerprint density at radius 2 is 1.71 bits per heavy atom. The predicted molar refractivity (Wildman–Crippen MR) is 117 cm³/mol. The van der Waals surface area contributed by atoms with E-state index < -0.39 is 11.9 Å². The SMILES string of the molecule is CCCOC(=O)c1c(N)n(-c2cccc(C(=O)OCC)c2)c2nc3ccccc3nc12. The van der Waals surface area contributed by atoms with Gasteiger partial charge >= 0.3 is 11.9 Å². The van der Waals surface area contributed by atoms with Gasteiger partial charge in [-0.15, -0.1) is 0 Å². The summed E-state index contributed by atoms with van der Waals surface area (Å²) in [6.07, 6.45) is 0.681. The van der Waals surface area contributed by atoms with Crippen LogP contribution in [0.15, 0.2) is 48.5 Å². The average Bonchev–Trinajstić information content (AvgIpc) is 3.06. The summed E-state index contributed by atoms with van der Waals surface area (Å²) < 4.78 is 12.1. The highest BCUT2D eigenvalue weighted by molar-refractivity contribution is 6.09. The number of rotatable bonds is 6. The maximum absolute atomic E-state index is 12.8. The molecule has 4 rings (SSSR count). The molecule has 2 aromatic carbocycles. The monoisotopic (exact) mass is 418 g/mol. The number of nitrogens with zero attached hydrogens (tertiary/aromatic N) is 3. The summed E-state index contributed by atoms with van der Waals surface area (Å²) in [6, 6.07) is 14.1. The van der Waals surface area contributed by atoms with Crippen molar-refractivity contribution >= 4 is 40.0 Å². The number of esters is 2. The molecule has 31 heavy (non-hydrogen) atoms. The molecule has 0 aliphatic heterocycles. The highest BCUT2D eigenvalue weighted by Crippen LogP contribution is 2.31. The van der Waals surface area contributed by atoms with Crippen LogP contribution < -0.4 is 5.73 Å². The van der Waals surface area contributed by atoms with Crippen LogP contribution in [0.1, 0.15) is 41.0 Å². The number of ether oxygens (including phenoxy) is 2. The lowest BCUT2D eigenvalue weighted by Crippen LogP contribution is -2.10. The van der Waals surface area contributed by atoms with E-state index in [-0.39, 0.29) is 24.6 Å². The zero-order valence-electron chi connectivity index (χ0n) is 17.3. The van der Waals surface area contributed by atoms with Crippen molar-refractivity contribution in [1.29, 1.82) is 0 Å². The fourth-order valence-electron chi connectivity index (χ4n) is 3.38. The molecule has 2 N–H and O–H groups in total. The molecule has 0 spiro atoms. The van der Waals surface area contributed by atoms with E-state index in [2.05, 4.69) is 4.98 Å². The Morgan fingerprint density at radius 3 is 2.42 bits per heavy atom. The largest absolute Gasteiger partial charge is 0.462 e. The molecule has 0 bridgehead atoms. The Bertz CT molecular complexity index is 1300. The minimum Gasteiger partial charge on any atom is -0.462 e. The van der Waals surface area contributed by atoms with Crippen LogP contribution in [0.3, 0.4) is 0 Å². The molecular formula is C23H22N4O4. The van der Waals surface area contributed by atoms with E-state index in [1.807, 2.05) is 31.2 Å². The van der Waals surface area contributed by atoms with Gasteiger partial charge in [-0.05, 0) is 43.7 Å². The molecule has 8 heteroatoms. The van der Waals surface area contributed by atoms with Crippen LogP contribution in [-0.2, 0) is 9.47 Å². The number of fused-ring (bicyclic) bond motifs is 2. The van der Waals surface area contributed by atoms with E-state index in [0.29, 0.717) is 39.9 Å². The molecule has 0 fully saturated rings. The highest BCUT2D eigenvalue weighted by atomic mass is 16.5. The Hall–Kier alpha value is -3.94. The zero-order valence-corrected chi connectivity index (χ0v) is 17.3. The summed E-state index contributed by atoms with van der Waals surface area (Å²) in [6.45, 7) is 4.19. The van der Waals surface area contributed by atoms with Crippen LogP contribution in [0.2, 0.25) is 0 Å². The van der Waals surface area contributed by atoms with E-state index in [0.717, 1.165) is 0 Å². The molecule has 0 aliphatic carbocycles. The van der Waals surface area contributed by atoms with E-state index >= 15 is 0 Å². The van der Waals surface area contributed by atoms with Crippen molar-refractivity contribution in [3.8, 4) is 5.69 Å². The van der Waals surface area contributed by atoms with Gasteiger partial charge in [-0.2, -0.15) is 0 Å². The Balaban J connectivity index is 1.98. The molecule has 158 valence electrons. The third kappa shape index (κ3) is 3.68. The van der Waals surface area contributed by atoms with Crippen molar-refractivity contribution in [3.05, 3.63) is 59.7 Å². The fraction of sp³-hybridized carbons (Fsp3) is 0.217. The van der Waals surface area contributed by atoms with E-state index in [9.17, 15) is 9.59 Å². The number of hydrogen-bond acceptors (Lipinski definition) is 7. The normalized spacial score (nSPS) is 11.0. The number of hydrogen-bond donors (Lipinski definition) is 1. The Kier molecular flexibility index (Phi) is 5.53. The zero-order chi connectivity index (χ0) is 22.0. The molecule has 0 radical (unpaired) electrons. The van der Waals surface area contributed by atoms with Crippen LogP contribution >= 0.6 is 0 Å². The summed E-state index contributed by atoms with van der Waals surface area (Å²) >= 11 is 0. The van der Waals surface area contributed by atoms with Crippen molar-refractivity contribution < 1.29 is 19.1 Å². The maximum atomic E-state index is 12.8. The molecule has 2 aromatic heterocycles. The van der Waals surface area contributed by atoms with Crippen molar-refractivity contribution in [2.24, 2.45) is 0 Å². The first-order valence-corrected chi connectivity index (χ1v) is 10.1. The number of carbonyl (C=O) groups excluding carboxylic acids is 2. The summed E-state index contributed by atoms with van der Waals surface area (Å²) in [4.78, 5) is 34.4. The smallest absolute Gasteiger partial charge is 0.344 e. The van der Waals surface area contributed by atoms with Crippen molar-refractivity contribution in [1.82, 2.24) is 14.5 Å². The molecule has 0 atom stereocenters. The average molecular weight is 418 g/mol. The minimum atomic E-state index is -0.561. The van der Waals surface area contributed by atoms with Gasteiger partial charge < -0.3 is 15.2 Å². The molecule has 0 aliphatic rings. The van der Waals surface area contributed by atoms with Gasteiger partial charge in [0, 0.05) is 5.69 Å². The third-order valence-electron chi connectivity index (χ3n) is 4.75. The summed E-state index contributed by atoms with van der Waals surface area (Å²) in [7, 11) is 0. The lowest BCUT2D eigenvalue weighted by molar-refractivity contribution is 0.0504. The van der Waals surface area contributed by atoms with Gasteiger partial charge in [-0.25, -0.2) is 19.6 Å². The Labute approximate surface area is 178 Å². The molecule has 4 aromatic rings. The quantitative estimate of drug-likeness (QED) is 0.473. The lowest BCUT2D eigenvalue weighted by Gasteiger charge is -2.10. The summed E-state index contributed by atoms with van der Waals surface area (Å²) in [5, 5.41) is 0. The van der Waals surface area contributed by atoms with Gasteiger partial charge in [-0.1, -0.05) is 25.1 Å². The van der Waals surface area contributed by atoms with Crippen LogP contribution in [0, 0.1) is 0 Å². The number of carbonyl (C=O) groups is 2. The number of para-hydroxylation sites is 2. The number of anilines is 1. The first kappa shape index (κ1) is 20.3. The summed E-state index contributed by atoms with van der Waals surface area (Å²) in [5.41, 5.74) is 9.56. The highest BCUT2D eigenvalue weighted by Gasteiger charge is 2.26. The third-order valence-corrected chi connectivity index (χ3v) is 4.75. The Morgan fingerprint density at radius 1 is 0.968 bits per heavy atom. The molecule has 2 heterocycles. The number of nitrogens with two attached hydrogens (primary N) is 1. The number of nitrogen functional groups attached to an aromatic ring is 1. The lowest BCUT2D eigenvalue weighted by atomic mass is 10.2. The van der Waals surface area contributed by atoms with Crippen LogP contribution in [0.4, 0.5) is 5.82 Å². The van der Waals surface area contributed by atoms with Crippen LogP contribution in [0.5, 0.6) is 0 Å². The molecule has 0 saturated carbocycles. The summed E-state index contributed by atoms with van der Waals surface area (Å²) in [5.74, 6) is -0.861. The second kappa shape index (κ2) is 8.43. The van der Waals surface area contributed by atoms with E-state index in [4.69, 9.17) is 20.2 Å². The maximum Gasteiger partial charge on any atom is 0.344 e. The van der Waals surface area contributed by atoms with Gasteiger partial charge in [-0.3, -0.25) is 4.57 Å². The second-order valence-corrected chi connectivity index (χ2v) is 6.89. The van der Waals surface area contributed by atoms with E-state index in [1.165, 1.54) is 0 Å². The number of benzene rings is 2. The molecular weight excluding hydrogens is 396 g/mol. The van der Waals surface area contributed by atoms with Crippen molar-refractivity contribution in [3.63, 3.8) is 0 Å². The van der Waals surface area contributed by atoms with Crippen LogP contribution in [0.25, 0.3) is 27.9 Å². The minimum absolute atomic E-state index is 0.146. The fourth-order valence-corrected chi connectivity index (χ4v) is 3.38. The van der Waals surface area contributed by atoms with Crippen molar-refractivity contribution in [2.75, 3.05) is 18.9 Å². The van der Waals surface area contributed by atoms with Gasteiger partial charge in [0.1, 0.15) is 16.9 Å². The molecule has 8 nitrogen and oxygen atoms in total. The molecule has 0 saturated heterocycles. The van der Waals surface area contributed by atoms with Crippen LogP contribution in [-0.4, -0.2) is 39.7 Å². The predicted octanol–water partition coefficient (Wildman–Crippen LogP) is 3.90. The van der Waals surface area contributed by atoms with E-state index in [1.54, 1.807) is 35.8 Å². The van der Waals surface area contributed by atoms with Gasteiger partial charge in [0.15, 0.2) is 5.65 Å². The molecule has 0 unspecified atom stereocenters. The van der Waals surface area contributed by atoms with Crippen molar-refractivity contribution in [2.45, 2.75) is 20.3 Å². The number of aromatic nitrogens is 3. The van der Waals surface area contributed by atoms with Gasteiger partial charge in [0.05, 0.1) is 29.8 Å². The first-order chi connectivity index (χ1) is 15.0.